The number of rotatable bonds is 5. The number of carboxylic acid groups (broad SMARTS) is 1. The molecule has 5 nitrogen and oxygen atoms in total. The Morgan fingerprint density at radius 2 is 1.63 bits per heavy atom. The van der Waals surface area contributed by atoms with E-state index in [4.69, 9.17) is 9.84 Å². The zero-order valence-corrected chi connectivity index (χ0v) is 15.2. The van der Waals surface area contributed by atoms with Crippen LogP contribution in [0.2, 0.25) is 0 Å². The second kappa shape index (κ2) is 7.25. The summed E-state index contributed by atoms with van der Waals surface area (Å²) in [6.07, 6.45) is -0.714. The van der Waals surface area contributed by atoms with Crippen LogP contribution in [0.15, 0.2) is 60.0 Å². The molecule has 1 heterocycles. The summed E-state index contributed by atoms with van der Waals surface area (Å²) in [6.45, 7) is 0.222. The highest BCUT2D eigenvalue weighted by atomic mass is 32.1. The van der Waals surface area contributed by atoms with E-state index in [1.54, 1.807) is 11.4 Å². The lowest BCUT2D eigenvalue weighted by Gasteiger charge is -2.14. The third-order valence-corrected chi connectivity index (χ3v) is 5.52. The predicted molar refractivity (Wildman–Crippen MR) is 104 cm³/mol. The fourth-order valence-corrected chi connectivity index (χ4v) is 4.28. The first kappa shape index (κ1) is 17.3. The van der Waals surface area contributed by atoms with E-state index in [0.717, 1.165) is 11.1 Å². The number of amides is 1. The Morgan fingerprint density at radius 1 is 1.00 bits per heavy atom. The highest BCUT2D eigenvalue weighted by Gasteiger charge is 2.29. The Morgan fingerprint density at radius 3 is 2.26 bits per heavy atom. The SMILES string of the molecule is O=C(O)Cc1ccsc1NC(=O)OCC1c2ccccc2-c2ccccc21. The van der Waals surface area contributed by atoms with E-state index in [9.17, 15) is 9.59 Å². The van der Waals surface area contributed by atoms with Crippen LogP contribution in [0.3, 0.4) is 0 Å². The molecule has 2 aromatic carbocycles. The molecule has 136 valence electrons. The number of carbonyl (C=O) groups is 2. The van der Waals surface area contributed by atoms with Gasteiger partial charge in [-0.1, -0.05) is 48.5 Å². The van der Waals surface area contributed by atoms with Gasteiger partial charge in [0, 0.05) is 5.92 Å². The largest absolute Gasteiger partial charge is 0.481 e. The summed E-state index contributed by atoms with van der Waals surface area (Å²) < 4.78 is 5.48. The van der Waals surface area contributed by atoms with Gasteiger partial charge >= 0.3 is 12.1 Å². The number of hydrogen-bond acceptors (Lipinski definition) is 4. The van der Waals surface area contributed by atoms with Crippen LogP contribution in [-0.2, 0) is 16.0 Å². The maximum absolute atomic E-state index is 12.3. The predicted octanol–water partition coefficient (Wildman–Crippen LogP) is 4.74. The molecular formula is C21H17NO4S. The van der Waals surface area contributed by atoms with Gasteiger partial charge in [0.15, 0.2) is 0 Å². The monoisotopic (exact) mass is 379 g/mol. The van der Waals surface area contributed by atoms with Crippen LogP contribution >= 0.6 is 11.3 Å². The number of benzene rings is 2. The second-order valence-corrected chi connectivity index (χ2v) is 7.21. The van der Waals surface area contributed by atoms with Crippen molar-refractivity contribution in [1.29, 1.82) is 0 Å². The molecule has 1 aliphatic carbocycles. The molecule has 0 saturated carbocycles. The lowest BCUT2D eigenvalue weighted by Crippen LogP contribution is -2.18. The standard InChI is InChI=1S/C21H17NO4S/c23-19(24)11-13-9-10-27-20(13)22-21(25)26-12-18-16-7-3-1-5-14(16)15-6-2-4-8-17(15)18/h1-10,18H,11-12H2,(H,22,25)(H,23,24). The van der Waals surface area contributed by atoms with Gasteiger partial charge in [-0.2, -0.15) is 0 Å². The normalized spacial score (nSPS) is 12.3. The molecule has 0 fully saturated rings. The summed E-state index contributed by atoms with van der Waals surface area (Å²) in [5.41, 5.74) is 5.21. The molecule has 6 heteroatoms. The van der Waals surface area contributed by atoms with Gasteiger partial charge in [-0.15, -0.1) is 11.3 Å². The zero-order valence-electron chi connectivity index (χ0n) is 14.3. The number of carboxylic acids is 1. The minimum atomic E-state index is -0.941. The van der Waals surface area contributed by atoms with Crippen LogP contribution in [0.25, 0.3) is 11.1 Å². The number of ether oxygens (including phenoxy) is 1. The maximum Gasteiger partial charge on any atom is 0.412 e. The van der Waals surface area contributed by atoms with E-state index in [1.807, 2.05) is 24.3 Å². The van der Waals surface area contributed by atoms with Gasteiger partial charge in [0.25, 0.3) is 0 Å². The first-order valence-electron chi connectivity index (χ1n) is 8.53. The van der Waals surface area contributed by atoms with E-state index >= 15 is 0 Å². The molecule has 4 rings (SSSR count). The quantitative estimate of drug-likeness (QED) is 0.672. The molecule has 1 aromatic heterocycles. The molecule has 0 aliphatic heterocycles. The molecule has 0 saturated heterocycles. The molecule has 0 radical (unpaired) electrons. The van der Waals surface area contributed by atoms with Crippen LogP contribution in [-0.4, -0.2) is 23.8 Å². The summed E-state index contributed by atoms with van der Waals surface area (Å²) in [4.78, 5) is 23.2. The molecule has 1 aliphatic rings. The van der Waals surface area contributed by atoms with Gasteiger partial charge in [-0.25, -0.2) is 4.79 Å². The molecule has 0 spiro atoms. The average molecular weight is 379 g/mol. The van der Waals surface area contributed by atoms with Gasteiger partial charge < -0.3 is 9.84 Å². The summed E-state index contributed by atoms with van der Waals surface area (Å²) in [5, 5.41) is 13.9. The summed E-state index contributed by atoms with van der Waals surface area (Å²) in [5.74, 6) is -0.950. The van der Waals surface area contributed by atoms with Gasteiger partial charge in [0.05, 0.1) is 6.42 Å². The van der Waals surface area contributed by atoms with Crippen molar-refractivity contribution in [2.24, 2.45) is 0 Å². The Balaban J connectivity index is 1.47. The zero-order chi connectivity index (χ0) is 18.8. The van der Waals surface area contributed by atoms with Crippen LogP contribution in [0.5, 0.6) is 0 Å². The summed E-state index contributed by atoms with van der Waals surface area (Å²) >= 11 is 1.28. The summed E-state index contributed by atoms with van der Waals surface area (Å²) in [6, 6.07) is 18.0. The van der Waals surface area contributed by atoms with Crippen molar-refractivity contribution in [2.75, 3.05) is 11.9 Å². The Hall–Kier alpha value is -3.12. The Bertz CT molecular complexity index is 965. The summed E-state index contributed by atoms with van der Waals surface area (Å²) in [7, 11) is 0. The fourth-order valence-electron chi connectivity index (χ4n) is 3.47. The van der Waals surface area contributed by atoms with Crippen molar-refractivity contribution in [3.63, 3.8) is 0 Å². The van der Waals surface area contributed by atoms with Crippen molar-refractivity contribution in [3.8, 4) is 11.1 Å². The minimum Gasteiger partial charge on any atom is -0.481 e. The Kier molecular flexibility index (Phi) is 4.64. The number of aliphatic carboxylic acids is 1. The van der Waals surface area contributed by atoms with E-state index in [2.05, 4.69) is 29.6 Å². The number of hydrogen-bond donors (Lipinski definition) is 2. The maximum atomic E-state index is 12.3. The van der Waals surface area contributed by atoms with Gasteiger partial charge in [-0.3, -0.25) is 10.1 Å². The van der Waals surface area contributed by atoms with Crippen molar-refractivity contribution >= 4 is 28.4 Å². The van der Waals surface area contributed by atoms with Crippen LogP contribution < -0.4 is 5.32 Å². The highest BCUT2D eigenvalue weighted by Crippen LogP contribution is 2.44. The number of fused-ring (bicyclic) bond motifs is 3. The van der Waals surface area contributed by atoms with Crippen molar-refractivity contribution in [1.82, 2.24) is 0 Å². The van der Waals surface area contributed by atoms with Crippen LogP contribution in [0, 0.1) is 0 Å². The molecule has 0 bridgehead atoms. The highest BCUT2D eigenvalue weighted by molar-refractivity contribution is 7.14. The number of thiophene rings is 1. The minimum absolute atomic E-state index is 0.00928. The van der Waals surface area contributed by atoms with Crippen molar-refractivity contribution in [3.05, 3.63) is 76.7 Å². The van der Waals surface area contributed by atoms with Gasteiger partial charge in [0.2, 0.25) is 0 Å². The lowest BCUT2D eigenvalue weighted by molar-refractivity contribution is -0.136. The second-order valence-electron chi connectivity index (χ2n) is 6.30. The third kappa shape index (κ3) is 3.44. The van der Waals surface area contributed by atoms with Gasteiger partial charge in [0.1, 0.15) is 11.6 Å². The van der Waals surface area contributed by atoms with E-state index < -0.39 is 12.1 Å². The van der Waals surface area contributed by atoms with E-state index in [0.29, 0.717) is 10.6 Å². The molecule has 0 atom stereocenters. The van der Waals surface area contributed by atoms with Crippen LogP contribution in [0.4, 0.5) is 9.80 Å². The molecule has 1 amide bonds. The van der Waals surface area contributed by atoms with E-state index in [1.165, 1.54) is 22.5 Å². The van der Waals surface area contributed by atoms with Crippen molar-refractivity contribution < 1.29 is 19.4 Å². The molecular weight excluding hydrogens is 362 g/mol. The molecule has 27 heavy (non-hydrogen) atoms. The topological polar surface area (TPSA) is 75.6 Å². The Labute approximate surface area is 160 Å². The average Bonchev–Trinajstić information content (AvgIpc) is 3.22. The fraction of sp³-hybridized carbons (Fsp3) is 0.143. The smallest absolute Gasteiger partial charge is 0.412 e. The van der Waals surface area contributed by atoms with E-state index in [-0.39, 0.29) is 18.9 Å². The molecule has 3 aromatic rings. The number of anilines is 1. The van der Waals surface area contributed by atoms with Crippen molar-refractivity contribution in [2.45, 2.75) is 12.3 Å². The molecule has 2 N–H and O–H groups in total. The van der Waals surface area contributed by atoms with Crippen LogP contribution in [0.1, 0.15) is 22.6 Å². The molecule has 0 unspecified atom stereocenters. The first-order valence-corrected chi connectivity index (χ1v) is 9.41. The number of carbonyl (C=O) groups excluding carboxylic acids is 1. The third-order valence-electron chi connectivity index (χ3n) is 4.65. The van der Waals surface area contributed by atoms with Gasteiger partial charge in [-0.05, 0) is 39.3 Å². The number of nitrogens with one attached hydrogen (secondary N) is 1. The first-order chi connectivity index (χ1) is 13.1. The lowest BCUT2D eigenvalue weighted by atomic mass is 9.98.